The van der Waals surface area contributed by atoms with E-state index in [0.29, 0.717) is 0 Å². The van der Waals surface area contributed by atoms with Crippen molar-refractivity contribution in [3.05, 3.63) is 28.5 Å². The summed E-state index contributed by atoms with van der Waals surface area (Å²) in [5.41, 5.74) is 0.934. The topological polar surface area (TPSA) is 39.2 Å². The van der Waals surface area contributed by atoms with E-state index in [1.165, 1.54) is 0 Å². The van der Waals surface area contributed by atoms with Crippen LogP contribution < -0.4 is 0 Å². The van der Waals surface area contributed by atoms with Gasteiger partial charge in [0.05, 0.1) is 11.7 Å². The van der Waals surface area contributed by atoms with Crippen molar-refractivity contribution in [3.8, 4) is 0 Å². The van der Waals surface area contributed by atoms with Gasteiger partial charge in [0, 0.05) is 17.9 Å². The van der Waals surface area contributed by atoms with Crippen LogP contribution in [0.3, 0.4) is 0 Å². The number of aromatic nitrogens is 1. The first-order valence-corrected chi connectivity index (χ1v) is 7.98. The van der Waals surface area contributed by atoms with E-state index in [0.717, 1.165) is 16.8 Å². The minimum absolute atomic E-state index is 0.0348. The third-order valence-corrected chi connectivity index (χ3v) is 5.13. The molecule has 3 nitrogen and oxygen atoms in total. The molecule has 0 bridgehead atoms. The van der Waals surface area contributed by atoms with Crippen LogP contribution in [0, 0.1) is 0 Å². The standard InChI is InChI=1S/C13H21BrN2OS/c1-6-16(18(17)13(3,4)5)10(2)11-8-7-9-12(14)15-11/h7-10H,6H2,1-5H3/t10?,18-/m1/s1. The van der Waals surface area contributed by atoms with Crippen molar-refractivity contribution in [1.29, 1.82) is 0 Å². The maximum Gasteiger partial charge on any atom is 0.137 e. The smallest absolute Gasteiger partial charge is 0.137 e. The van der Waals surface area contributed by atoms with Crippen molar-refractivity contribution < 1.29 is 4.55 Å². The second-order valence-corrected chi connectivity index (χ2v) is 8.16. The fraction of sp³-hybridized carbons (Fsp3) is 0.615. The van der Waals surface area contributed by atoms with Gasteiger partial charge in [0.15, 0.2) is 0 Å². The van der Waals surface area contributed by atoms with E-state index in [2.05, 4.69) is 20.9 Å². The Hall–Kier alpha value is -0.100. The predicted octanol–water partition coefficient (Wildman–Crippen LogP) is 3.69. The van der Waals surface area contributed by atoms with E-state index >= 15 is 0 Å². The Morgan fingerprint density at radius 3 is 2.50 bits per heavy atom. The molecule has 0 saturated carbocycles. The molecule has 0 N–H and O–H groups in total. The zero-order chi connectivity index (χ0) is 13.9. The van der Waals surface area contributed by atoms with Gasteiger partial charge in [-0.05, 0) is 62.7 Å². The lowest BCUT2D eigenvalue weighted by molar-refractivity contribution is 0.339. The fourth-order valence-electron chi connectivity index (χ4n) is 1.69. The molecule has 1 aromatic rings. The summed E-state index contributed by atoms with van der Waals surface area (Å²) in [4.78, 5) is 4.45. The lowest BCUT2D eigenvalue weighted by atomic mass is 10.2. The first-order valence-electron chi connectivity index (χ1n) is 6.08. The molecule has 1 unspecified atom stereocenters. The molecule has 0 aliphatic heterocycles. The number of hydrogen-bond donors (Lipinski definition) is 0. The summed E-state index contributed by atoms with van der Waals surface area (Å²) >= 11 is 2.34. The van der Waals surface area contributed by atoms with E-state index in [9.17, 15) is 4.55 Å². The van der Waals surface area contributed by atoms with Gasteiger partial charge in [-0.1, -0.05) is 6.07 Å². The highest BCUT2D eigenvalue weighted by molar-refractivity contribution is 9.10. The highest BCUT2D eigenvalue weighted by Gasteiger charge is 2.36. The molecule has 5 heteroatoms. The number of nitrogens with zero attached hydrogens (tertiary/aromatic N) is 2. The zero-order valence-corrected chi connectivity index (χ0v) is 14.0. The van der Waals surface area contributed by atoms with Gasteiger partial charge in [0.2, 0.25) is 0 Å². The van der Waals surface area contributed by atoms with Gasteiger partial charge in [0.25, 0.3) is 0 Å². The average molecular weight is 333 g/mol. The fourth-order valence-corrected chi connectivity index (χ4v) is 3.38. The Morgan fingerprint density at radius 2 is 2.06 bits per heavy atom. The molecule has 18 heavy (non-hydrogen) atoms. The molecule has 102 valence electrons. The van der Waals surface area contributed by atoms with E-state index in [1.807, 2.05) is 57.1 Å². The SMILES string of the molecule is CCN(C(C)c1cccc(Br)n1)[S@+]([O-])C(C)(C)C. The van der Waals surface area contributed by atoms with Crippen molar-refractivity contribution in [3.63, 3.8) is 0 Å². The maximum atomic E-state index is 12.5. The van der Waals surface area contributed by atoms with Crippen LogP contribution in [-0.2, 0) is 11.4 Å². The molecule has 1 rings (SSSR count). The summed E-state index contributed by atoms with van der Waals surface area (Å²) in [7, 11) is 0. The van der Waals surface area contributed by atoms with Gasteiger partial charge in [0.1, 0.15) is 9.35 Å². The van der Waals surface area contributed by atoms with Crippen LogP contribution in [-0.4, -0.2) is 25.1 Å². The quantitative estimate of drug-likeness (QED) is 0.623. The number of rotatable bonds is 4. The Bertz CT molecular complexity index is 395. The molecule has 0 fully saturated rings. The second-order valence-electron chi connectivity index (χ2n) is 5.16. The Balaban J connectivity index is 2.96. The lowest BCUT2D eigenvalue weighted by Crippen LogP contribution is -2.44. The van der Waals surface area contributed by atoms with Gasteiger partial charge < -0.3 is 4.55 Å². The number of halogens is 1. The second kappa shape index (κ2) is 6.37. The largest absolute Gasteiger partial charge is 0.597 e. The minimum Gasteiger partial charge on any atom is -0.597 e. The summed E-state index contributed by atoms with van der Waals surface area (Å²) in [5, 5.41) is 0. The van der Waals surface area contributed by atoms with Crippen LogP contribution in [0.5, 0.6) is 0 Å². The van der Waals surface area contributed by atoms with Gasteiger partial charge in [-0.15, -0.1) is 4.31 Å². The van der Waals surface area contributed by atoms with Crippen LogP contribution >= 0.6 is 15.9 Å². The van der Waals surface area contributed by atoms with Crippen LogP contribution in [0.15, 0.2) is 22.8 Å². The molecular weight excluding hydrogens is 312 g/mol. The third-order valence-electron chi connectivity index (χ3n) is 2.65. The van der Waals surface area contributed by atoms with Gasteiger partial charge in [-0.25, -0.2) is 4.98 Å². The molecular formula is C13H21BrN2OS. The summed E-state index contributed by atoms with van der Waals surface area (Å²) in [6.07, 6.45) is 0. The molecule has 0 amide bonds. The number of hydrogen-bond acceptors (Lipinski definition) is 3. The zero-order valence-electron chi connectivity index (χ0n) is 11.6. The molecule has 0 aromatic carbocycles. The van der Waals surface area contributed by atoms with Crippen LogP contribution in [0.25, 0.3) is 0 Å². The molecule has 0 spiro atoms. The predicted molar refractivity (Wildman–Crippen MR) is 80.6 cm³/mol. The average Bonchev–Trinajstić information content (AvgIpc) is 2.28. The first-order chi connectivity index (χ1) is 8.27. The summed E-state index contributed by atoms with van der Waals surface area (Å²) in [6.45, 7) is 10.8. The lowest BCUT2D eigenvalue weighted by Gasteiger charge is -2.35. The van der Waals surface area contributed by atoms with Crippen molar-refractivity contribution in [2.24, 2.45) is 0 Å². The van der Waals surface area contributed by atoms with E-state index in [-0.39, 0.29) is 10.8 Å². The van der Waals surface area contributed by atoms with Crippen LogP contribution in [0.1, 0.15) is 46.4 Å². The molecule has 1 heterocycles. The summed E-state index contributed by atoms with van der Waals surface area (Å²) < 4.78 is 15.0. The number of pyridine rings is 1. The maximum absolute atomic E-state index is 12.5. The molecule has 0 aliphatic carbocycles. The monoisotopic (exact) mass is 332 g/mol. The van der Waals surface area contributed by atoms with Crippen molar-refractivity contribution in [2.45, 2.75) is 45.4 Å². The van der Waals surface area contributed by atoms with E-state index < -0.39 is 11.4 Å². The molecule has 0 saturated heterocycles. The van der Waals surface area contributed by atoms with Gasteiger partial charge in [-0.3, -0.25) is 0 Å². The highest BCUT2D eigenvalue weighted by atomic mass is 79.9. The van der Waals surface area contributed by atoms with Gasteiger partial charge >= 0.3 is 0 Å². The summed E-state index contributed by atoms with van der Waals surface area (Å²) in [6, 6.07) is 5.86. The van der Waals surface area contributed by atoms with Crippen molar-refractivity contribution in [1.82, 2.24) is 9.29 Å². The van der Waals surface area contributed by atoms with Gasteiger partial charge in [-0.2, -0.15) is 0 Å². The Labute approximate surface area is 121 Å². The van der Waals surface area contributed by atoms with E-state index in [1.54, 1.807) is 0 Å². The van der Waals surface area contributed by atoms with Crippen molar-refractivity contribution in [2.75, 3.05) is 6.54 Å². The Kier molecular flexibility index (Phi) is 5.65. The van der Waals surface area contributed by atoms with Crippen LogP contribution in [0.4, 0.5) is 0 Å². The van der Waals surface area contributed by atoms with E-state index in [4.69, 9.17) is 0 Å². The minimum atomic E-state index is -1.03. The molecule has 0 radical (unpaired) electrons. The Morgan fingerprint density at radius 1 is 1.44 bits per heavy atom. The normalized spacial score (nSPS) is 15.8. The molecule has 0 aliphatic rings. The summed E-state index contributed by atoms with van der Waals surface area (Å²) in [5.74, 6) is 0. The highest BCUT2D eigenvalue weighted by Crippen LogP contribution is 2.29. The van der Waals surface area contributed by atoms with Crippen molar-refractivity contribution >= 4 is 27.3 Å². The molecule has 2 atom stereocenters. The first kappa shape index (κ1) is 16.0. The van der Waals surface area contributed by atoms with Crippen LogP contribution in [0.2, 0.25) is 0 Å². The third kappa shape index (κ3) is 3.95. The molecule has 1 aromatic heterocycles.